The van der Waals surface area contributed by atoms with Crippen molar-refractivity contribution in [2.24, 2.45) is 5.92 Å². The molecule has 2 aromatic rings. The van der Waals surface area contributed by atoms with Crippen LogP contribution in [0, 0.1) is 19.8 Å². The van der Waals surface area contributed by atoms with Crippen LogP contribution in [0.2, 0.25) is 0 Å². The molecule has 1 unspecified atom stereocenters. The molecule has 6 heteroatoms. The fourth-order valence-electron chi connectivity index (χ4n) is 3.04. The summed E-state index contributed by atoms with van der Waals surface area (Å²) in [5.74, 6) is 2.36. The molecule has 0 aromatic carbocycles. The highest BCUT2D eigenvalue weighted by Gasteiger charge is 2.21. The topological polar surface area (TPSA) is 88.4 Å². The summed E-state index contributed by atoms with van der Waals surface area (Å²) in [6.07, 6.45) is 2.19. The van der Waals surface area contributed by atoms with Crippen LogP contribution in [-0.4, -0.2) is 39.7 Å². The van der Waals surface area contributed by atoms with Gasteiger partial charge in [0.25, 0.3) is 0 Å². The Balaban J connectivity index is 1.84. The van der Waals surface area contributed by atoms with Gasteiger partial charge in [0.2, 0.25) is 5.71 Å². The summed E-state index contributed by atoms with van der Waals surface area (Å²) in [5, 5.41) is 10.1. The Morgan fingerprint density at radius 3 is 2.95 bits per heavy atom. The lowest BCUT2D eigenvalue weighted by Crippen LogP contribution is -2.36. The maximum atomic E-state index is 9.30. The van der Waals surface area contributed by atoms with Gasteiger partial charge in [0.15, 0.2) is 0 Å². The van der Waals surface area contributed by atoms with Crippen molar-refractivity contribution in [2.45, 2.75) is 33.2 Å². The second-order valence-electron chi connectivity index (χ2n) is 5.91. The fourth-order valence-corrected chi connectivity index (χ4v) is 3.04. The standard InChI is InChI=1S/C15H22N4O2/c1-9-10(2)21-15-13(9)14(16)17-12(18-15)7-19-5-3-4-11(6-19)8-20/h11,20H,3-8H2,1-2H3,(H2,16,17,18). The van der Waals surface area contributed by atoms with E-state index >= 15 is 0 Å². The first-order valence-corrected chi connectivity index (χ1v) is 7.43. The number of hydrogen-bond acceptors (Lipinski definition) is 6. The molecule has 0 spiro atoms. The normalized spacial score (nSPS) is 20.2. The van der Waals surface area contributed by atoms with Crippen LogP contribution in [0.1, 0.15) is 30.0 Å². The average Bonchev–Trinajstić information content (AvgIpc) is 2.74. The van der Waals surface area contributed by atoms with E-state index in [0.717, 1.165) is 42.6 Å². The summed E-state index contributed by atoms with van der Waals surface area (Å²) < 4.78 is 5.66. The molecule has 0 radical (unpaired) electrons. The Bertz CT molecular complexity index is 653. The number of aromatic nitrogens is 2. The number of nitrogens with zero attached hydrogens (tertiary/aromatic N) is 3. The molecule has 3 N–H and O–H groups in total. The van der Waals surface area contributed by atoms with Crippen LogP contribution in [0.15, 0.2) is 4.42 Å². The van der Waals surface area contributed by atoms with Gasteiger partial charge in [-0.1, -0.05) is 0 Å². The number of nitrogens with two attached hydrogens (primary N) is 1. The van der Waals surface area contributed by atoms with Crippen molar-refractivity contribution in [3.8, 4) is 0 Å². The van der Waals surface area contributed by atoms with E-state index in [1.807, 2.05) is 13.8 Å². The van der Waals surface area contributed by atoms with Crippen LogP contribution in [0.3, 0.4) is 0 Å². The van der Waals surface area contributed by atoms with E-state index in [2.05, 4.69) is 14.9 Å². The average molecular weight is 290 g/mol. The molecular formula is C15H22N4O2. The quantitative estimate of drug-likeness (QED) is 0.893. The van der Waals surface area contributed by atoms with E-state index in [9.17, 15) is 5.11 Å². The van der Waals surface area contributed by atoms with Crippen molar-refractivity contribution in [1.29, 1.82) is 0 Å². The van der Waals surface area contributed by atoms with Gasteiger partial charge in [0.05, 0.1) is 11.9 Å². The Kier molecular flexibility index (Phi) is 3.82. The largest absolute Gasteiger partial charge is 0.443 e. The zero-order chi connectivity index (χ0) is 15.0. The van der Waals surface area contributed by atoms with E-state index in [0.29, 0.717) is 29.8 Å². The van der Waals surface area contributed by atoms with E-state index in [1.165, 1.54) is 0 Å². The smallest absolute Gasteiger partial charge is 0.231 e. The Labute approximate surface area is 124 Å². The SMILES string of the molecule is Cc1oc2nc(CN3CCCC(CO)C3)nc(N)c2c1C. The predicted molar refractivity (Wildman–Crippen MR) is 80.8 cm³/mol. The van der Waals surface area contributed by atoms with Gasteiger partial charge in [-0.25, -0.2) is 4.98 Å². The van der Waals surface area contributed by atoms with E-state index in [1.54, 1.807) is 0 Å². The Morgan fingerprint density at radius 1 is 1.38 bits per heavy atom. The van der Waals surface area contributed by atoms with Crippen molar-refractivity contribution in [3.63, 3.8) is 0 Å². The summed E-state index contributed by atoms with van der Waals surface area (Å²) in [6.45, 7) is 6.66. The molecular weight excluding hydrogens is 268 g/mol. The third kappa shape index (κ3) is 2.73. The second kappa shape index (κ2) is 5.61. The highest BCUT2D eigenvalue weighted by molar-refractivity contribution is 5.88. The molecule has 0 amide bonds. The fraction of sp³-hybridized carbons (Fsp3) is 0.600. The van der Waals surface area contributed by atoms with Gasteiger partial charge < -0.3 is 15.3 Å². The number of anilines is 1. The predicted octanol–water partition coefficient (Wildman–Crippen LogP) is 1.63. The zero-order valence-electron chi connectivity index (χ0n) is 12.6. The summed E-state index contributed by atoms with van der Waals surface area (Å²) in [6, 6.07) is 0. The van der Waals surface area contributed by atoms with Gasteiger partial charge in [0, 0.05) is 18.7 Å². The van der Waals surface area contributed by atoms with E-state index in [4.69, 9.17) is 10.2 Å². The molecule has 0 bridgehead atoms. The van der Waals surface area contributed by atoms with Crippen LogP contribution in [0.25, 0.3) is 11.1 Å². The minimum atomic E-state index is 0.245. The summed E-state index contributed by atoms with van der Waals surface area (Å²) in [5.41, 5.74) is 7.64. The molecule has 0 aliphatic carbocycles. The number of furan rings is 1. The second-order valence-corrected chi connectivity index (χ2v) is 5.91. The van der Waals surface area contributed by atoms with Gasteiger partial charge in [-0.3, -0.25) is 4.90 Å². The number of aryl methyl sites for hydroxylation is 2. The van der Waals surface area contributed by atoms with Crippen LogP contribution < -0.4 is 5.73 Å². The molecule has 1 atom stereocenters. The summed E-state index contributed by atoms with van der Waals surface area (Å²) in [4.78, 5) is 11.2. The number of hydrogen-bond donors (Lipinski definition) is 2. The number of nitrogen functional groups attached to an aromatic ring is 1. The molecule has 21 heavy (non-hydrogen) atoms. The lowest BCUT2D eigenvalue weighted by molar-refractivity contribution is 0.114. The zero-order valence-corrected chi connectivity index (χ0v) is 12.6. The van der Waals surface area contributed by atoms with Crippen LogP contribution in [-0.2, 0) is 6.54 Å². The first kappa shape index (κ1) is 14.3. The molecule has 1 aliphatic heterocycles. The third-order valence-electron chi connectivity index (χ3n) is 4.33. The number of piperidine rings is 1. The minimum absolute atomic E-state index is 0.245. The van der Waals surface area contributed by atoms with Gasteiger partial charge in [-0.15, -0.1) is 0 Å². The van der Waals surface area contributed by atoms with Crippen molar-refractivity contribution in [1.82, 2.24) is 14.9 Å². The number of aliphatic hydroxyl groups excluding tert-OH is 1. The lowest BCUT2D eigenvalue weighted by Gasteiger charge is -2.31. The molecule has 3 heterocycles. The molecule has 1 fully saturated rings. The molecule has 0 saturated carbocycles. The first-order valence-electron chi connectivity index (χ1n) is 7.43. The molecule has 6 nitrogen and oxygen atoms in total. The molecule has 2 aromatic heterocycles. The summed E-state index contributed by atoms with van der Waals surface area (Å²) >= 11 is 0. The minimum Gasteiger partial charge on any atom is -0.443 e. The highest BCUT2D eigenvalue weighted by Crippen LogP contribution is 2.27. The molecule has 1 saturated heterocycles. The lowest BCUT2D eigenvalue weighted by atomic mass is 9.99. The highest BCUT2D eigenvalue weighted by atomic mass is 16.3. The number of fused-ring (bicyclic) bond motifs is 1. The number of aliphatic hydroxyl groups is 1. The maximum absolute atomic E-state index is 9.30. The molecule has 1 aliphatic rings. The van der Waals surface area contributed by atoms with Crippen molar-refractivity contribution in [3.05, 3.63) is 17.1 Å². The van der Waals surface area contributed by atoms with Gasteiger partial charge in [-0.2, -0.15) is 4.98 Å². The Morgan fingerprint density at radius 2 is 2.19 bits per heavy atom. The van der Waals surface area contributed by atoms with Gasteiger partial charge >= 0.3 is 0 Å². The molecule has 3 rings (SSSR count). The van der Waals surface area contributed by atoms with Crippen molar-refractivity contribution in [2.75, 3.05) is 25.4 Å². The monoisotopic (exact) mass is 290 g/mol. The number of rotatable bonds is 3. The third-order valence-corrected chi connectivity index (χ3v) is 4.33. The number of likely N-dealkylation sites (tertiary alicyclic amines) is 1. The van der Waals surface area contributed by atoms with E-state index in [-0.39, 0.29) is 6.61 Å². The Hall–Kier alpha value is -1.66. The van der Waals surface area contributed by atoms with Crippen molar-refractivity contribution >= 4 is 16.9 Å². The van der Waals surface area contributed by atoms with E-state index < -0.39 is 0 Å². The van der Waals surface area contributed by atoms with Crippen LogP contribution in [0.4, 0.5) is 5.82 Å². The maximum Gasteiger partial charge on any atom is 0.231 e. The van der Waals surface area contributed by atoms with Crippen molar-refractivity contribution < 1.29 is 9.52 Å². The van der Waals surface area contributed by atoms with Gasteiger partial charge in [0.1, 0.15) is 17.4 Å². The molecule has 114 valence electrons. The van der Waals surface area contributed by atoms with Crippen LogP contribution in [0.5, 0.6) is 0 Å². The van der Waals surface area contributed by atoms with Crippen LogP contribution >= 0.6 is 0 Å². The summed E-state index contributed by atoms with van der Waals surface area (Å²) in [7, 11) is 0. The first-order chi connectivity index (χ1) is 10.1. The van der Waals surface area contributed by atoms with Gasteiger partial charge in [-0.05, 0) is 39.2 Å².